The second kappa shape index (κ2) is 10.5. The van der Waals surface area contributed by atoms with Gasteiger partial charge in [0.2, 0.25) is 0 Å². The van der Waals surface area contributed by atoms with Crippen LogP contribution in [-0.2, 0) is 17.8 Å². The standard InChI is InChI=1S/C20H26N2O3/c1-2-18(14-23)21-20(24)22-19-10-6-9-17(13-19)15-25-12-11-16-7-4-3-5-8-16/h3-10,13,18,23H,2,11-12,14-15H2,1H3,(H2,21,22,24). The normalized spacial score (nSPS) is 11.8. The first-order valence-electron chi connectivity index (χ1n) is 8.60. The number of amides is 2. The van der Waals surface area contributed by atoms with Crippen molar-refractivity contribution in [1.82, 2.24) is 5.32 Å². The zero-order chi connectivity index (χ0) is 17.9. The number of carbonyl (C=O) groups is 1. The second-order valence-corrected chi connectivity index (χ2v) is 5.87. The minimum Gasteiger partial charge on any atom is -0.394 e. The molecule has 0 aliphatic rings. The quantitative estimate of drug-likeness (QED) is 0.612. The molecule has 0 radical (unpaired) electrons. The third kappa shape index (κ3) is 6.95. The predicted octanol–water partition coefficient (Wildman–Crippen LogP) is 3.34. The Bertz CT molecular complexity index is 642. The van der Waals surface area contributed by atoms with Gasteiger partial charge in [0.1, 0.15) is 0 Å². The minimum absolute atomic E-state index is 0.0702. The first kappa shape index (κ1) is 19.0. The van der Waals surface area contributed by atoms with Gasteiger partial charge in [0.25, 0.3) is 0 Å². The second-order valence-electron chi connectivity index (χ2n) is 5.87. The van der Waals surface area contributed by atoms with Crippen LogP contribution < -0.4 is 10.6 Å². The summed E-state index contributed by atoms with van der Waals surface area (Å²) < 4.78 is 5.72. The fourth-order valence-corrected chi connectivity index (χ4v) is 2.39. The van der Waals surface area contributed by atoms with Gasteiger partial charge in [-0.25, -0.2) is 4.79 Å². The van der Waals surface area contributed by atoms with Gasteiger partial charge in [0.15, 0.2) is 0 Å². The van der Waals surface area contributed by atoms with Crippen LogP contribution in [0.2, 0.25) is 0 Å². The summed E-state index contributed by atoms with van der Waals surface area (Å²) in [6, 6.07) is 17.2. The Balaban J connectivity index is 1.77. The molecule has 5 nitrogen and oxygen atoms in total. The number of anilines is 1. The van der Waals surface area contributed by atoms with Gasteiger partial charge in [-0.05, 0) is 36.1 Å². The highest BCUT2D eigenvalue weighted by Crippen LogP contribution is 2.12. The summed E-state index contributed by atoms with van der Waals surface area (Å²) in [4.78, 5) is 11.9. The van der Waals surface area contributed by atoms with Crippen molar-refractivity contribution >= 4 is 11.7 Å². The Kier molecular flexibility index (Phi) is 7.95. The number of urea groups is 1. The van der Waals surface area contributed by atoms with E-state index in [9.17, 15) is 4.79 Å². The maximum absolute atomic E-state index is 11.9. The first-order valence-corrected chi connectivity index (χ1v) is 8.60. The highest BCUT2D eigenvalue weighted by atomic mass is 16.5. The molecule has 2 aromatic rings. The van der Waals surface area contributed by atoms with Crippen molar-refractivity contribution < 1.29 is 14.6 Å². The Morgan fingerprint density at radius 3 is 2.60 bits per heavy atom. The molecule has 0 fully saturated rings. The summed E-state index contributed by atoms with van der Waals surface area (Å²) in [5.41, 5.74) is 2.96. The third-order valence-corrected chi connectivity index (χ3v) is 3.88. The zero-order valence-electron chi connectivity index (χ0n) is 14.6. The van der Waals surface area contributed by atoms with Gasteiger partial charge >= 0.3 is 6.03 Å². The molecule has 2 aromatic carbocycles. The molecule has 2 amide bonds. The van der Waals surface area contributed by atoms with Crippen LogP contribution in [0.25, 0.3) is 0 Å². The van der Waals surface area contributed by atoms with Crippen LogP contribution in [0.5, 0.6) is 0 Å². The molecule has 0 aliphatic carbocycles. The van der Waals surface area contributed by atoms with E-state index in [2.05, 4.69) is 22.8 Å². The number of carbonyl (C=O) groups excluding carboxylic acids is 1. The molecule has 0 spiro atoms. The lowest BCUT2D eigenvalue weighted by Crippen LogP contribution is -2.39. The van der Waals surface area contributed by atoms with Crippen molar-refractivity contribution in [3.05, 3.63) is 65.7 Å². The number of aliphatic hydroxyl groups is 1. The van der Waals surface area contributed by atoms with E-state index in [0.29, 0.717) is 25.3 Å². The zero-order valence-corrected chi connectivity index (χ0v) is 14.6. The molecule has 0 aromatic heterocycles. The van der Waals surface area contributed by atoms with Crippen molar-refractivity contribution in [2.24, 2.45) is 0 Å². The summed E-state index contributed by atoms with van der Waals surface area (Å²) in [7, 11) is 0. The van der Waals surface area contributed by atoms with Crippen molar-refractivity contribution in [2.75, 3.05) is 18.5 Å². The SMILES string of the molecule is CCC(CO)NC(=O)Nc1cccc(COCCc2ccccc2)c1. The molecule has 25 heavy (non-hydrogen) atoms. The molecule has 1 unspecified atom stereocenters. The maximum atomic E-state index is 11.9. The van der Waals surface area contributed by atoms with Crippen LogP contribution >= 0.6 is 0 Å². The van der Waals surface area contributed by atoms with E-state index in [1.54, 1.807) is 0 Å². The van der Waals surface area contributed by atoms with Gasteiger partial charge in [0.05, 0.1) is 25.9 Å². The van der Waals surface area contributed by atoms with Crippen LogP contribution in [0.1, 0.15) is 24.5 Å². The van der Waals surface area contributed by atoms with Gasteiger partial charge in [-0.1, -0.05) is 49.4 Å². The van der Waals surface area contributed by atoms with E-state index in [0.717, 1.165) is 12.0 Å². The van der Waals surface area contributed by atoms with Crippen LogP contribution in [0.15, 0.2) is 54.6 Å². The lowest BCUT2D eigenvalue weighted by molar-refractivity contribution is 0.124. The van der Waals surface area contributed by atoms with Crippen molar-refractivity contribution in [1.29, 1.82) is 0 Å². The monoisotopic (exact) mass is 342 g/mol. The number of nitrogens with one attached hydrogen (secondary N) is 2. The van der Waals surface area contributed by atoms with Crippen LogP contribution in [0.4, 0.5) is 10.5 Å². The molecule has 0 saturated carbocycles. The van der Waals surface area contributed by atoms with Gasteiger partial charge in [-0.15, -0.1) is 0 Å². The van der Waals surface area contributed by atoms with E-state index in [1.165, 1.54) is 5.56 Å². The lowest BCUT2D eigenvalue weighted by atomic mass is 10.2. The summed E-state index contributed by atoms with van der Waals surface area (Å²) in [6.07, 6.45) is 1.56. The van der Waals surface area contributed by atoms with Crippen LogP contribution in [0.3, 0.4) is 0 Å². The van der Waals surface area contributed by atoms with Crippen molar-refractivity contribution in [3.8, 4) is 0 Å². The van der Waals surface area contributed by atoms with Crippen molar-refractivity contribution in [2.45, 2.75) is 32.4 Å². The highest BCUT2D eigenvalue weighted by Gasteiger charge is 2.09. The number of hydrogen-bond donors (Lipinski definition) is 3. The summed E-state index contributed by atoms with van der Waals surface area (Å²) >= 11 is 0. The molecule has 5 heteroatoms. The Labute approximate surface area is 149 Å². The fraction of sp³-hybridized carbons (Fsp3) is 0.350. The van der Waals surface area contributed by atoms with E-state index >= 15 is 0 Å². The number of hydrogen-bond acceptors (Lipinski definition) is 3. The Morgan fingerprint density at radius 1 is 1.12 bits per heavy atom. The number of rotatable bonds is 9. The average molecular weight is 342 g/mol. The summed E-state index contributed by atoms with van der Waals surface area (Å²) in [5.74, 6) is 0. The number of aliphatic hydroxyl groups excluding tert-OH is 1. The number of benzene rings is 2. The van der Waals surface area contributed by atoms with Gasteiger partial charge in [-0.2, -0.15) is 0 Å². The molecule has 134 valence electrons. The maximum Gasteiger partial charge on any atom is 0.319 e. The third-order valence-electron chi connectivity index (χ3n) is 3.88. The van der Waals surface area contributed by atoms with E-state index in [1.807, 2.05) is 49.4 Å². The van der Waals surface area contributed by atoms with Gasteiger partial charge in [-0.3, -0.25) is 0 Å². The smallest absolute Gasteiger partial charge is 0.319 e. The Morgan fingerprint density at radius 2 is 1.88 bits per heavy atom. The highest BCUT2D eigenvalue weighted by molar-refractivity contribution is 5.89. The molecular formula is C20H26N2O3. The first-order chi connectivity index (χ1) is 12.2. The Hall–Kier alpha value is -2.37. The predicted molar refractivity (Wildman–Crippen MR) is 99.6 cm³/mol. The van der Waals surface area contributed by atoms with E-state index < -0.39 is 0 Å². The molecule has 0 heterocycles. The van der Waals surface area contributed by atoms with Crippen molar-refractivity contribution in [3.63, 3.8) is 0 Å². The molecule has 1 atom stereocenters. The fourth-order valence-electron chi connectivity index (χ4n) is 2.39. The van der Waals surface area contributed by atoms with Crippen LogP contribution in [0, 0.1) is 0 Å². The molecule has 3 N–H and O–H groups in total. The van der Waals surface area contributed by atoms with Crippen LogP contribution in [-0.4, -0.2) is 30.4 Å². The van der Waals surface area contributed by atoms with E-state index in [4.69, 9.17) is 9.84 Å². The molecular weight excluding hydrogens is 316 g/mol. The van der Waals surface area contributed by atoms with Gasteiger partial charge in [0, 0.05) is 5.69 Å². The largest absolute Gasteiger partial charge is 0.394 e. The molecule has 2 rings (SSSR count). The molecule has 0 bridgehead atoms. The summed E-state index contributed by atoms with van der Waals surface area (Å²) in [6.45, 7) is 2.99. The molecule has 0 aliphatic heterocycles. The lowest BCUT2D eigenvalue weighted by Gasteiger charge is -2.15. The number of ether oxygens (including phenoxy) is 1. The summed E-state index contributed by atoms with van der Waals surface area (Å²) in [5, 5.41) is 14.6. The van der Waals surface area contributed by atoms with E-state index in [-0.39, 0.29) is 18.7 Å². The topological polar surface area (TPSA) is 70.6 Å². The minimum atomic E-state index is -0.317. The molecule has 0 saturated heterocycles. The van der Waals surface area contributed by atoms with Gasteiger partial charge < -0.3 is 20.5 Å². The average Bonchev–Trinajstić information content (AvgIpc) is 2.64.